The Labute approximate surface area is 126 Å². The second-order valence-corrected chi connectivity index (χ2v) is 7.58. The Morgan fingerprint density at radius 3 is 2.65 bits per heavy atom. The number of hydrogen-bond acceptors (Lipinski definition) is 5. The van der Waals surface area contributed by atoms with Gasteiger partial charge in [-0.3, -0.25) is 0 Å². The molecule has 0 atom stereocenters. The quantitative estimate of drug-likeness (QED) is 0.854. The summed E-state index contributed by atoms with van der Waals surface area (Å²) in [6.07, 6.45) is 1.74. The van der Waals surface area contributed by atoms with Gasteiger partial charge in [-0.05, 0) is 34.7 Å². The van der Waals surface area contributed by atoms with Crippen molar-refractivity contribution < 1.29 is 22.7 Å². The van der Waals surface area contributed by atoms with Crippen molar-refractivity contribution in [3.05, 3.63) is 16.5 Å². The number of aliphatic hydroxyl groups is 1. The monoisotopic (exact) mass is 367 g/mol. The van der Waals surface area contributed by atoms with Crippen molar-refractivity contribution in [2.75, 3.05) is 26.8 Å². The Kier molecular flexibility index (Phi) is 5.25. The molecule has 2 heterocycles. The van der Waals surface area contributed by atoms with Crippen LogP contribution in [0.25, 0.3) is 0 Å². The van der Waals surface area contributed by atoms with Gasteiger partial charge in [-0.1, -0.05) is 0 Å². The molecule has 2 rings (SSSR count). The lowest BCUT2D eigenvalue weighted by Gasteiger charge is -2.26. The van der Waals surface area contributed by atoms with Gasteiger partial charge in [-0.2, -0.15) is 0 Å². The average Bonchev–Trinajstić information content (AvgIpc) is 2.82. The van der Waals surface area contributed by atoms with Crippen molar-refractivity contribution in [3.8, 4) is 0 Å². The molecule has 0 radical (unpaired) electrons. The molecule has 1 aliphatic heterocycles. The van der Waals surface area contributed by atoms with Crippen LogP contribution in [0.1, 0.15) is 18.6 Å². The Morgan fingerprint density at radius 2 is 2.10 bits per heavy atom. The van der Waals surface area contributed by atoms with Crippen molar-refractivity contribution in [1.29, 1.82) is 0 Å². The van der Waals surface area contributed by atoms with E-state index in [0.29, 0.717) is 25.7 Å². The predicted molar refractivity (Wildman–Crippen MR) is 75.7 cm³/mol. The van der Waals surface area contributed by atoms with E-state index in [1.54, 1.807) is 7.05 Å². The first-order valence-corrected chi connectivity index (χ1v) is 8.61. The number of halogens is 1. The number of furan rings is 1. The molecule has 20 heavy (non-hydrogen) atoms. The normalized spacial score (nSPS) is 17.8. The third-order valence-electron chi connectivity index (χ3n) is 3.41. The molecule has 1 aromatic rings. The van der Waals surface area contributed by atoms with Crippen molar-refractivity contribution in [3.63, 3.8) is 0 Å². The van der Waals surface area contributed by atoms with Crippen LogP contribution in [-0.2, 0) is 21.4 Å². The van der Waals surface area contributed by atoms with Crippen molar-refractivity contribution in [2.45, 2.75) is 24.3 Å². The predicted octanol–water partition coefficient (Wildman–Crippen LogP) is 1.58. The summed E-state index contributed by atoms with van der Waals surface area (Å²) < 4.78 is 36.8. The van der Waals surface area contributed by atoms with E-state index in [9.17, 15) is 8.42 Å². The lowest BCUT2D eigenvalue weighted by Crippen LogP contribution is -2.34. The minimum Gasteiger partial charge on any atom is -0.450 e. The van der Waals surface area contributed by atoms with E-state index in [1.807, 2.05) is 0 Å². The number of sulfonamides is 1. The van der Waals surface area contributed by atoms with Crippen LogP contribution in [0.3, 0.4) is 0 Å². The third-order valence-corrected chi connectivity index (χ3v) is 6.09. The van der Waals surface area contributed by atoms with Gasteiger partial charge in [0.2, 0.25) is 10.0 Å². The van der Waals surface area contributed by atoms with Gasteiger partial charge in [0, 0.05) is 32.9 Å². The molecule has 0 spiro atoms. The zero-order valence-electron chi connectivity index (χ0n) is 11.2. The standard InChI is InChI=1S/C12H18BrNO5S/c1-14(7-9-2-4-18-5-3-9)20(16,17)11-6-10(8-15)19-12(11)13/h6,9,15H,2-5,7-8H2,1H3. The first-order chi connectivity index (χ1) is 9.45. The second-order valence-electron chi connectivity index (χ2n) is 4.85. The minimum atomic E-state index is -3.62. The number of aliphatic hydroxyl groups excluding tert-OH is 1. The molecule has 0 aliphatic carbocycles. The molecule has 0 unspecified atom stereocenters. The molecule has 0 saturated carbocycles. The number of rotatable bonds is 5. The van der Waals surface area contributed by atoms with Crippen molar-refractivity contribution in [1.82, 2.24) is 4.31 Å². The van der Waals surface area contributed by atoms with Crippen LogP contribution in [0.5, 0.6) is 0 Å². The SMILES string of the molecule is CN(CC1CCOCC1)S(=O)(=O)c1cc(CO)oc1Br. The molecular formula is C12H18BrNO5S. The zero-order valence-corrected chi connectivity index (χ0v) is 13.6. The molecule has 0 bridgehead atoms. The first kappa shape index (κ1) is 16.0. The summed E-state index contributed by atoms with van der Waals surface area (Å²) in [5, 5.41) is 9.00. The summed E-state index contributed by atoms with van der Waals surface area (Å²) in [6, 6.07) is 1.35. The van der Waals surface area contributed by atoms with Crippen LogP contribution in [0.2, 0.25) is 0 Å². The largest absolute Gasteiger partial charge is 0.450 e. The highest BCUT2D eigenvalue weighted by atomic mass is 79.9. The van der Waals surface area contributed by atoms with Crippen LogP contribution in [0, 0.1) is 5.92 Å². The summed E-state index contributed by atoms with van der Waals surface area (Å²) in [6.45, 7) is 1.49. The fourth-order valence-corrected chi connectivity index (χ4v) is 4.41. The summed E-state index contributed by atoms with van der Waals surface area (Å²) in [4.78, 5) is 0.0520. The lowest BCUT2D eigenvalue weighted by molar-refractivity contribution is 0.0620. The molecule has 8 heteroatoms. The summed E-state index contributed by atoms with van der Waals surface area (Å²) in [5.41, 5.74) is 0. The Morgan fingerprint density at radius 1 is 1.45 bits per heavy atom. The fraction of sp³-hybridized carbons (Fsp3) is 0.667. The maximum Gasteiger partial charge on any atom is 0.247 e. The number of nitrogens with zero attached hydrogens (tertiary/aromatic N) is 1. The Balaban J connectivity index is 2.13. The maximum atomic E-state index is 12.5. The van der Waals surface area contributed by atoms with Crippen molar-refractivity contribution >= 4 is 26.0 Å². The summed E-state index contributed by atoms with van der Waals surface area (Å²) >= 11 is 3.08. The van der Waals surface area contributed by atoms with Gasteiger partial charge in [-0.15, -0.1) is 0 Å². The van der Waals surface area contributed by atoms with Crippen LogP contribution >= 0.6 is 15.9 Å². The van der Waals surface area contributed by atoms with Crippen LogP contribution in [0.4, 0.5) is 0 Å². The van der Waals surface area contributed by atoms with Gasteiger partial charge < -0.3 is 14.3 Å². The van der Waals surface area contributed by atoms with E-state index in [-0.39, 0.29) is 21.9 Å². The molecule has 114 valence electrons. The van der Waals surface area contributed by atoms with E-state index < -0.39 is 10.0 Å². The highest BCUT2D eigenvalue weighted by Gasteiger charge is 2.29. The molecule has 1 aromatic heterocycles. The van der Waals surface area contributed by atoms with Gasteiger partial charge >= 0.3 is 0 Å². The molecule has 1 aliphatic rings. The van der Waals surface area contributed by atoms with E-state index in [1.165, 1.54) is 10.4 Å². The summed E-state index contributed by atoms with van der Waals surface area (Å²) in [5.74, 6) is 0.529. The van der Waals surface area contributed by atoms with Gasteiger partial charge in [0.15, 0.2) is 4.67 Å². The fourth-order valence-electron chi connectivity index (χ4n) is 2.21. The van der Waals surface area contributed by atoms with Crippen LogP contribution in [0.15, 0.2) is 20.0 Å². The third kappa shape index (κ3) is 3.43. The van der Waals surface area contributed by atoms with Crippen LogP contribution < -0.4 is 0 Å². The molecule has 6 nitrogen and oxygen atoms in total. The van der Waals surface area contributed by atoms with E-state index in [2.05, 4.69) is 15.9 Å². The molecule has 1 N–H and O–H groups in total. The van der Waals surface area contributed by atoms with Gasteiger partial charge in [0.25, 0.3) is 0 Å². The highest BCUT2D eigenvalue weighted by Crippen LogP contribution is 2.29. The minimum absolute atomic E-state index is 0.0520. The van der Waals surface area contributed by atoms with E-state index in [0.717, 1.165) is 12.8 Å². The second kappa shape index (κ2) is 6.57. The van der Waals surface area contributed by atoms with Crippen molar-refractivity contribution in [2.24, 2.45) is 5.92 Å². The van der Waals surface area contributed by atoms with Gasteiger partial charge in [0.1, 0.15) is 17.3 Å². The Bertz CT molecular complexity index is 550. The molecule has 1 fully saturated rings. The number of hydrogen-bond donors (Lipinski definition) is 1. The molecule has 1 saturated heterocycles. The number of ether oxygens (including phenoxy) is 1. The molecule has 0 amide bonds. The topological polar surface area (TPSA) is 80.0 Å². The Hall–Kier alpha value is -0.410. The van der Waals surface area contributed by atoms with Crippen LogP contribution in [-0.4, -0.2) is 44.6 Å². The average molecular weight is 368 g/mol. The van der Waals surface area contributed by atoms with E-state index in [4.69, 9.17) is 14.3 Å². The summed E-state index contributed by atoms with van der Waals surface area (Å²) in [7, 11) is -2.06. The smallest absolute Gasteiger partial charge is 0.247 e. The molecular weight excluding hydrogens is 350 g/mol. The molecule has 0 aromatic carbocycles. The lowest BCUT2D eigenvalue weighted by atomic mass is 10.0. The first-order valence-electron chi connectivity index (χ1n) is 6.38. The highest BCUT2D eigenvalue weighted by molar-refractivity contribution is 9.10. The zero-order chi connectivity index (χ0) is 14.8. The maximum absolute atomic E-state index is 12.5. The van der Waals surface area contributed by atoms with E-state index >= 15 is 0 Å². The van der Waals surface area contributed by atoms with Gasteiger partial charge in [-0.25, -0.2) is 12.7 Å². The van der Waals surface area contributed by atoms with Gasteiger partial charge in [0.05, 0.1) is 0 Å².